The number of fused-ring (bicyclic) bond motifs is 1. The van der Waals surface area contributed by atoms with Gasteiger partial charge in [0.1, 0.15) is 29.2 Å². The van der Waals surface area contributed by atoms with Crippen LogP contribution in [0.25, 0.3) is 11.8 Å². The van der Waals surface area contributed by atoms with Crippen LogP contribution in [-0.2, 0) is 11.8 Å². The first kappa shape index (κ1) is 23.6. The smallest absolute Gasteiger partial charge is 0.295 e. The fraction of sp³-hybridized carbons (Fsp3) is 0.100. The lowest BCUT2D eigenvalue weighted by atomic mass is 9.94. The molecule has 0 spiro atoms. The van der Waals surface area contributed by atoms with E-state index >= 15 is 0 Å². The predicted molar refractivity (Wildman–Crippen MR) is 142 cm³/mol. The molecule has 7 heteroatoms. The van der Waals surface area contributed by atoms with Crippen LogP contribution in [0.15, 0.2) is 107 Å². The van der Waals surface area contributed by atoms with E-state index in [2.05, 4.69) is 5.32 Å². The van der Waals surface area contributed by atoms with Crippen LogP contribution in [0.4, 0.5) is 5.69 Å². The van der Waals surface area contributed by atoms with Crippen molar-refractivity contribution in [2.24, 2.45) is 7.05 Å². The van der Waals surface area contributed by atoms with Crippen LogP contribution >= 0.6 is 0 Å². The summed E-state index contributed by atoms with van der Waals surface area (Å²) in [5, 5.41) is 12.6. The molecule has 37 heavy (non-hydrogen) atoms. The summed E-state index contributed by atoms with van der Waals surface area (Å²) in [7, 11) is 1.74. The summed E-state index contributed by atoms with van der Waals surface area (Å²) in [5.41, 5.74) is 3.24. The van der Waals surface area contributed by atoms with Gasteiger partial charge in [0, 0.05) is 12.6 Å². The Morgan fingerprint density at radius 1 is 1.00 bits per heavy atom. The number of hydrogen-bond donors (Lipinski definition) is 1. The fourth-order valence-electron chi connectivity index (χ4n) is 4.37. The summed E-state index contributed by atoms with van der Waals surface area (Å²) in [4.78, 5) is 26.5. The molecule has 0 saturated heterocycles. The Kier molecular flexibility index (Phi) is 6.31. The number of anilines is 1. The van der Waals surface area contributed by atoms with Crippen LogP contribution in [0.1, 0.15) is 22.9 Å². The Labute approximate surface area is 214 Å². The fourth-order valence-corrected chi connectivity index (χ4v) is 4.37. The summed E-state index contributed by atoms with van der Waals surface area (Å²) in [6.07, 6.45) is 2.94. The van der Waals surface area contributed by atoms with Crippen molar-refractivity contribution in [2.75, 3.05) is 5.32 Å². The molecule has 0 radical (unpaired) electrons. The number of nitrogens with zero attached hydrogens (tertiary/aromatic N) is 3. The minimum atomic E-state index is -0.667. The lowest BCUT2D eigenvalue weighted by Crippen LogP contribution is -2.23. The Morgan fingerprint density at radius 2 is 1.65 bits per heavy atom. The quantitative estimate of drug-likeness (QED) is 0.313. The van der Waals surface area contributed by atoms with Crippen molar-refractivity contribution in [3.8, 4) is 17.5 Å². The first-order valence-corrected chi connectivity index (χ1v) is 11.8. The molecule has 4 aromatic rings. The van der Waals surface area contributed by atoms with Crippen molar-refractivity contribution in [1.82, 2.24) is 9.36 Å². The van der Waals surface area contributed by atoms with Crippen LogP contribution < -0.4 is 15.6 Å². The van der Waals surface area contributed by atoms with Crippen molar-refractivity contribution in [3.05, 3.63) is 129 Å². The molecule has 1 N–H and O–H groups in total. The van der Waals surface area contributed by atoms with Gasteiger partial charge in [-0.1, -0.05) is 66.7 Å². The average Bonchev–Trinajstić information content (AvgIpc) is 3.14. The molecule has 2 heterocycles. The zero-order chi connectivity index (χ0) is 25.9. The maximum Gasteiger partial charge on any atom is 0.295 e. The van der Waals surface area contributed by atoms with Crippen molar-refractivity contribution in [2.45, 2.75) is 13.0 Å². The molecule has 0 saturated carbocycles. The minimum Gasteiger partial charge on any atom is -0.480 e. The molecule has 182 valence electrons. The maximum atomic E-state index is 13.2. The van der Waals surface area contributed by atoms with Crippen LogP contribution in [0.5, 0.6) is 5.75 Å². The highest BCUT2D eigenvalue weighted by molar-refractivity contribution is 6.07. The minimum absolute atomic E-state index is 0.122. The molecule has 1 aliphatic heterocycles. The third-order valence-corrected chi connectivity index (χ3v) is 6.36. The molecular weight excluding hydrogens is 464 g/mol. The second kappa shape index (κ2) is 9.88. The second-order valence-corrected chi connectivity index (χ2v) is 8.65. The average molecular weight is 489 g/mol. The molecular formula is C30H24N4O3. The molecule has 0 bridgehead atoms. The number of nitriles is 1. The van der Waals surface area contributed by atoms with Crippen molar-refractivity contribution >= 4 is 17.7 Å². The first-order valence-electron chi connectivity index (χ1n) is 11.8. The van der Waals surface area contributed by atoms with E-state index in [1.165, 1.54) is 10.8 Å². The summed E-state index contributed by atoms with van der Waals surface area (Å²) in [6.45, 7) is 1.74. The third-order valence-electron chi connectivity index (χ3n) is 6.36. The van der Waals surface area contributed by atoms with Gasteiger partial charge in [-0.05, 0) is 48.4 Å². The highest BCUT2D eigenvalue weighted by atomic mass is 16.5. The van der Waals surface area contributed by atoms with Gasteiger partial charge in [-0.3, -0.25) is 14.3 Å². The van der Waals surface area contributed by atoms with Gasteiger partial charge < -0.3 is 10.1 Å². The largest absolute Gasteiger partial charge is 0.480 e. The number of para-hydroxylation sites is 2. The monoisotopic (exact) mass is 488 g/mol. The normalized spacial score (nSPS) is 14.7. The lowest BCUT2D eigenvalue weighted by molar-refractivity contribution is -0.112. The summed E-state index contributed by atoms with van der Waals surface area (Å²) < 4.78 is 9.41. The molecule has 1 unspecified atom stereocenters. The number of hydrogen-bond acceptors (Lipinski definition) is 4. The Morgan fingerprint density at radius 3 is 2.35 bits per heavy atom. The first-order chi connectivity index (χ1) is 18.0. The van der Waals surface area contributed by atoms with Gasteiger partial charge in [0.2, 0.25) is 0 Å². The van der Waals surface area contributed by atoms with E-state index in [0.717, 1.165) is 16.9 Å². The number of nitrogens with one attached hydrogen (secondary N) is 1. The van der Waals surface area contributed by atoms with Crippen molar-refractivity contribution in [1.29, 1.82) is 5.26 Å². The lowest BCUT2D eigenvalue weighted by Gasteiger charge is -2.26. The molecule has 1 aliphatic rings. The molecule has 1 amide bonds. The van der Waals surface area contributed by atoms with Gasteiger partial charge in [-0.2, -0.15) is 5.26 Å². The van der Waals surface area contributed by atoms with Crippen LogP contribution in [0.2, 0.25) is 0 Å². The molecule has 1 atom stereocenters. The summed E-state index contributed by atoms with van der Waals surface area (Å²) in [6, 6.07) is 28.3. The number of aromatic nitrogens is 2. The van der Waals surface area contributed by atoms with Gasteiger partial charge in [0.05, 0.1) is 11.4 Å². The molecule has 5 rings (SSSR count). The number of benzene rings is 3. The van der Waals surface area contributed by atoms with Gasteiger partial charge >= 0.3 is 0 Å². The predicted octanol–water partition coefficient (Wildman–Crippen LogP) is 5.09. The highest BCUT2D eigenvalue weighted by Crippen LogP contribution is 2.38. The Hall–Kier alpha value is -5.09. The topological polar surface area (TPSA) is 89.1 Å². The van der Waals surface area contributed by atoms with Crippen LogP contribution in [0, 0.1) is 18.3 Å². The number of carbonyl (C=O) groups is 1. The van der Waals surface area contributed by atoms with Gasteiger partial charge in [0.25, 0.3) is 11.5 Å². The van der Waals surface area contributed by atoms with Gasteiger partial charge in [-0.25, -0.2) is 4.68 Å². The van der Waals surface area contributed by atoms with Crippen molar-refractivity contribution in [3.63, 3.8) is 0 Å². The van der Waals surface area contributed by atoms with Crippen LogP contribution in [-0.4, -0.2) is 15.3 Å². The molecule has 0 fully saturated rings. The van der Waals surface area contributed by atoms with E-state index in [0.29, 0.717) is 17.0 Å². The Bertz CT molecular complexity index is 1640. The number of ether oxygens (including phenoxy) is 1. The number of rotatable bonds is 5. The van der Waals surface area contributed by atoms with E-state index in [4.69, 9.17) is 4.74 Å². The van der Waals surface area contributed by atoms with Crippen LogP contribution in [0.3, 0.4) is 0 Å². The van der Waals surface area contributed by atoms with E-state index in [1.54, 1.807) is 18.7 Å². The van der Waals surface area contributed by atoms with Crippen molar-refractivity contribution < 1.29 is 9.53 Å². The summed E-state index contributed by atoms with van der Waals surface area (Å²) >= 11 is 0. The molecule has 0 aliphatic carbocycles. The SMILES string of the molecule is Cc1c(NC(=O)C(C#N)=CC2=Cc3ccccc3OC2c2ccccc2)c(=O)n(-c2ccccc2)n1C. The van der Waals surface area contributed by atoms with Gasteiger partial charge in [0.15, 0.2) is 0 Å². The van der Waals surface area contributed by atoms with E-state index in [1.807, 2.05) is 97.1 Å². The standard InChI is InChI=1S/C30H24N4O3/c1-20-27(30(36)34(33(20)2)25-14-7-4-8-15-25)32-29(35)24(19-31)18-23-17-22-13-9-10-16-26(22)37-28(23)21-11-5-3-6-12-21/h3-18,28H,1-2H3,(H,32,35). The highest BCUT2D eigenvalue weighted by Gasteiger charge is 2.25. The molecule has 3 aromatic carbocycles. The maximum absolute atomic E-state index is 13.2. The Balaban J connectivity index is 1.51. The molecule has 7 nitrogen and oxygen atoms in total. The van der Waals surface area contributed by atoms with E-state index in [9.17, 15) is 14.9 Å². The number of carbonyl (C=O) groups excluding carboxylic acids is 1. The third kappa shape index (κ3) is 4.48. The number of amides is 1. The summed E-state index contributed by atoms with van der Waals surface area (Å²) in [5.74, 6) is 0.0536. The zero-order valence-corrected chi connectivity index (χ0v) is 20.4. The van der Waals surface area contributed by atoms with Gasteiger partial charge in [-0.15, -0.1) is 0 Å². The van der Waals surface area contributed by atoms with E-state index in [-0.39, 0.29) is 16.8 Å². The zero-order valence-electron chi connectivity index (χ0n) is 20.4. The second-order valence-electron chi connectivity index (χ2n) is 8.65. The van der Waals surface area contributed by atoms with E-state index < -0.39 is 12.0 Å². The molecule has 1 aromatic heterocycles.